The first-order chi connectivity index (χ1) is 13.1. The number of benzene rings is 1. The quantitative estimate of drug-likeness (QED) is 0.769. The van der Waals surface area contributed by atoms with Crippen LogP contribution in [0.15, 0.2) is 18.2 Å². The Kier molecular flexibility index (Phi) is 7.66. The number of nitrogens with zero attached hydrogens (tertiary/aromatic N) is 3. The Bertz CT molecular complexity index is 660. The van der Waals surface area contributed by atoms with E-state index in [2.05, 4.69) is 24.1 Å². The molecule has 0 atom stereocenters. The Hall–Kier alpha value is -1.86. The molecule has 0 radical (unpaired) electrons. The molecular weight excluding hydrogens is 359 g/mol. The third kappa shape index (κ3) is 6.34. The van der Waals surface area contributed by atoms with Crippen molar-refractivity contribution in [2.24, 2.45) is 5.41 Å². The summed E-state index contributed by atoms with van der Waals surface area (Å²) in [6.45, 7) is 13.2. The van der Waals surface area contributed by atoms with Gasteiger partial charge in [-0.25, -0.2) is 9.18 Å². The summed E-state index contributed by atoms with van der Waals surface area (Å²) in [7, 11) is 3.62. The molecule has 2 amide bonds. The summed E-state index contributed by atoms with van der Waals surface area (Å²) in [5.41, 5.74) is 0.924. The third-order valence-electron chi connectivity index (χ3n) is 5.12. The molecule has 0 spiro atoms. The Morgan fingerprint density at radius 1 is 1.29 bits per heavy atom. The van der Waals surface area contributed by atoms with Crippen molar-refractivity contribution < 1.29 is 13.9 Å². The van der Waals surface area contributed by atoms with Crippen molar-refractivity contribution in [2.75, 3.05) is 63.7 Å². The second-order valence-electron chi connectivity index (χ2n) is 8.71. The molecule has 1 aliphatic rings. The maximum atomic E-state index is 14.4. The van der Waals surface area contributed by atoms with Crippen LogP contribution in [0.5, 0.6) is 0 Å². The average Bonchev–Trinajstić information content (AvgIpc) is 2.61. The minimum atomic E-state index is -0.343. The highest BCUT2D eigenvalue weighted by Crippen LogP contribution is 2.24. The minimum absolute atomic E-state index is 0.0570. The lowest BCUT2D eigenvalue weighted by atomic mass is 9.92. The number of rotatable bonds is 7. The van der Waals surface area contributed by atoms with E-state index in [1.54, 1.807) is 24.1 Å². The molecule has 1 heterocycles. The van der Waals surface area contributed by atoms with E-state index in [1.165, 1.54) is 6.07 Å². The lowest BCUT2D eigenvalue weighted by molar-refractivity contribution is 0.0182. The van der Waals surface area contributed by atoms with E-state index in [1.807, 2.05) is 25.8 Å². The van der Waals surface area contributed by atoms with E-state index in [-0.39, 0.29) is 23.3 Å². The normalized spacial score (nSPS) is 15.6. The molecule has 28 heavy (non-hydrogen) atoms. The van der Waals surface area contributed by atoms with E-state index >= 15 is 0 Å². The number of carbonyl (C=O) groups is 1. The first-order valence-corrected chi connectivity index (χ1v) is 9.94. The Morgan fingerprint density at radius 2 is 1.93 bits per heavy atom. The molecule has 1 N–H and O–H groups in total. The highest BCUT2D eigenvalue weighted by atomic mass is 19.1. The van der Waals surface area contributed by atoms with Crippen LogP contribution < -0.4 is 10.2 Å². The molecule has 0 unspecified atom stereocenters. The van der Waals surface area contributed by atoms with E-state index in [9.17, 15) is 9.18 Å². The minimum Gasteiger partial charge on any atom is -0.379 e. The van der Waals surface area contributed by atoms with Gasteiger partial charge in [0.05, 0.1) is 18.9 Å². The van der Waals surface area contributed by atoms with Gasteiger partial charge in [0.2, 0.25) is 0 Å². The number of amides is 2. The fourth-order valence-electron chi connectivity index (χ4n) is 3.50. The van der Waals surface area contributed by atoms with E-state index in [4.69, 9.17) is 4.74 Å². The summed E-state index contributed by atoms with van der Waals surface area (Å²) in [6.07, 6.45) is 0. The summed E-state index contributed by atoms with van der Waals surface area (Å²) < 4.78 is 19.8. The summed E-state index contributed by atoms with van der Waals surface area (Å²) in [6, 6.07) is 4.77. The fraction of sp³-hybridized carbons (Fsp3) is 0.667. The molecule has 158 valence electrons. The van der Waals surface area contributed by atoms with Gasteiger partial charge in [0, 0.05) is 52.0 Å². The van der Waals surface area contributed by atoms with Crippen molar-refractivity contribution in [3.8, 4) is 0 Å². The molecular formula is C21H35FN4O2. The van der Waals surface area contributed by atoms with Crippen LogP contribution in [0.3, 0.4) is 0 Å². The van der Waals surface area contributed by atoms with Crippen LogP contribution in [0.4, 0.5) is 20.6 Å². The summed E-state index contributed by atoms with van der Waals surface area (Å²) in [5, 5.41) is 2.80. The summed E-state index contributed by atoms with van der Waals surface area (Å²) in [4.78, 5) is 18.5. The molecule has 1 aromatic carbocycles. The fourth-order valence-corrected chi connectivity index (χ4v) is 3.50. The van der Waals surface area contributed by atoms with Crippen LogP contribution >= 0.6 is 0 Å². The van der Waals surface area contributed by atoms with Crippen molar-refractivity contribution in [3.05, 3.63) is 24.0 Å². The van der Waals surface area contributed by atoms with Crippen molar-refractivity contribution >= 4 is 17.4 Å². The summed E-state index contributed by atoms with van der Waals surface area (Å²) >= 11 is 0. The predicted molar refractivity (Wildman–Crippen MR) is 113 cm³/mol. The van der Waals surface area contributed by atoms with Crippen molar-refractivity contribution in [1.82, 2.24) is 9.80 Å². The first kappa shape index (κ1) is 22.4. The molecule has 1 aromatic rings. The second-order valence-corrected chi connectivity index (χ2v) is 8.71. The molecule has 1 fully saturated rings. The Balaban J connectivity index is 1.93. The van der Waals surface area contributed by atoms with Crippen molar-refractivity contribution in [2.45, 2.75) is 33.7 Å². The molecule has 1 saturated heterocycles. The number of hydrogen-bond acceptors (Lipinski definition) is 4. The van der Waals surface area contributed by atoms with E-state index in [0.717, 1.165) is 32.8 Å². The number of urea groups is 1. The van der Waals surface area contributed by atoms with Gasteiger partial charge < -0.3 is 19.9 Å². The SMILES string of the molecule is CC(C)N(C)c1ccc(NC(=O)N(C)CC(C)(C)CN2CCOCC2)cc1F. The average molecular weight is 395 g/mol. The largest absolute Gasteiger partial charge is 0.379 e. The monoisotopic (exact) mass is 394 g/mol. The second kappa shape index (κ2) is 9.56. The molecule has 1 aliphatic heterocycles. The molecule has 0 aliphatic carbocycles. The number of halogens is 1. The third-order valence-corrected chi connectivity index (χ3v) is 5.12. The summed E-state index contributed by atoms with van der Waals surface area (Å²) in [5.74, 6) is -0.343. The highest BCUT2D eigenvalue weighted by molar-refractivity contribution is 5.89. The maximum absolute atomic E-state index is 14.4. The number of carbonyl (C=O) groups excluding carboxylic acids is 1. The molecule has 0 bridgehead atoms. The van der Waals surface area contributed by atoms with E-state index < -0.39 is 0 Å². The van der Waals surface area contributed by atoms with Gasteiger partial charge in [-0.05, 0) is 37.5 Å². The van der Waals surface area contributed by atoms with Gasteiger partial charge in [-0.2, -0.15) is 0 Å². The molecule has 6 nitrogen and oxygen atoms in total. The first-order valence-electron chi connectivity index (χ1n) is 9.94. The predicted octanol–water partition coefficient (Wildman–Crippen LogP) is 3.49. The van der Waals surface area contributed by atoms with Crippen LogP contribution in [0.2, 0.25) is 0 Å². The van der Waals surface area contributed by atoms with Gasteiger partial charge in [0.25, 0.3) is 0 Å². The van der Waals surface area contributed by atoms with Crippen LogP contribution in [0, 0.1) is 11.2 Å². The van der Waals surface area contributed by atoms with Gasteiger partial charge in [0.1, 0.15) is 5.82 Å². The molecule has 0 aromatic heterocycles. The molecule has 0 saturated carbocycles. The molecule has 7 heteroatoms. The standard InChI is InChI=1S/C21H35FN4O2/c1-16(2)25(6)19-8-7-17(13-18(19)22)23-20(27)24(5)14-21(3,4)15-26-9-11-28-12-10-26/h7-8,13,16H,9-12,14-15H2,1-6H3,(H,23,27). The highest BCUT2D eigenvalue weighted by Gasteiger charge is 2.26. The van der Waals surface area contributed by atoms with Gasteiger partial charge in [-0.3, -0.25) is 4.90 Å². The lowest BCUT2D eigenvalue weighted by Gasteiger charge is -2.37. The van der Waals surface area contributed by atoms with Crippen LogP contribution in [0.1, 0.15) is 27.7 Å². The van der Waals surface area contributed by atoms with Crippen LogP contribution in [-0.4, -0.2) is 75.4 Å². The zero-order valence-electron chi connectivity index (χ0n) is 18.1. The van der Waals surface area contributed by atoms with Gasteiger partial charge in [-0.15, -0.1) is 0 Å². The topological polar surface area (TPSA) is 48.1 Å². The van der Waals surface area contributed by atoms with Gasteiger partial charge in [0.15, 0.2) is 0 Å². The van der Waals surface area contributed by atoms with Gasteiger partial charge in [-0.1, -0.05) is 13.8 Å². The maximum Gasteiger partial charge on any atom is 0.321 e. The number of hydrogen-bond donors (Lipinski definition) is 1. The Morgan fingerprint density at radius 3 is 2.50 bits per heavy atom. The zero-order valence-corrected chi connectivity index (χ0v) is 18.1. The van der Waals surface area contributed by atoms with Crippen LogP contribution in [0.25, 0.3) is 0 Å². The Labute approximate surface area is 168 Å². The van der Waals surface area contributed by atoms with Crippen molar-refractivity contribution in [3.63, 3.8) is 0 Å². The number of anilines is 2. The van der Waals surface area contributed by atoms with E-state index in [0.29, 0.717) is 17.9 Å². The number of morpholine rings is 1. The number of ether oxygens (including phenoxy) is 1. The van der Waals surface area contributed by atoms with Gasteiger partial charge >= 0.3 is 6.03 Å². The number of nitrogens with one attached hydrogen (secondary N) is 1. The zero-order chi connectivity index (χ0) is 20.9. The smallest absolute Gasteiger partial charge is 0.321 e. The van der Waals surface area contributed by atoms with Crippen LogP contribution in [-0.2, 0) is 4.74 Å². The lowest BCUT2D eigenvalue weighted by Crippen LogP contribution is -2.47. The molecule has 2 rings (SSSR count). The van der Waals surface area contributed by atoms with Crippen molar-refractivity contribution in [1.29, 1.82) is 0 Å².